The number of rotatable bonds is 4. The van der Waals surface area contributed by atoms with Gasteiger partial charge in [-0.2, -0.15) is 0 Å². The molecule has 2 aromatic rings. The molecule has 136 valence electrons. The van der Waals surface area contributed by atoms with Gasteiger partial charge in [-0.05, 0) is 54.8 Å². The van der Waals surface area contributed by atoms with Crippen molar-refractivity contribution in [2.75, 3.05) is 5.32 Å². The summed E-state index contributed by atoms with van der Waals surface area (Å²) in [4.78, 5) is 24.6. The smallest absolute Gasteiger partial charge is 0.274 e. The van der Waals surface area contributed by atoms with Crippen LogP contribution in [0.5, 0.6) is 0 Å². The third-order valence-electron chi connectivity index (χ3n) is 5.05. The summed E-state index contributed by atoms with van der Waals surface area (Å²) in [5.74, 6) is -0.597. The zero-order valence-electron chi connectivity index (χ0n) is 14.3. The Morgan fingerprint density at radius 1 is 0.923 bits per heavy atom. The zero-order valence-corrected chi connectivity index (χ0v) is 15.9. The maximum Gasteiger partial charge on any atom is 0.274 e. The van der Waals surface area contributed by atoms with E-state index >= 15 is 0 Å². The second-order valence-electron chi connectivity index (χ2n) is 6.62. The van der Waals surface area contributed by atoms with Gasteiger partial charge < -0.3 is 5.32 Å². The van der Waals surface area contributed by atoms with Gasteiger partial charge in [-0.15, -0.1) is 0 Å². The Hall–Kier alpha value is -2.18. The largest absolute Gasteiger partial charge is 0.325 e. The van der Waals surface area contributed by atoms with Gasteiger partial charge >= 0.3 is 0 Å². The van der Waals surface area contributed by atoms with Crippen LogP contribution >= 0.6 is 15.9 Å². The fourth-order valence-corrected chi connectivity index (χ4v) is 3.86. The van der Waals surface area contributed by atoms with Crippen LogP contribution < -0.4 is 10.8 Å². The molecule has 0 atom stereocenters. The first-order valence-electron chi connectivity index (χ1n) is 8.67. The van der Waals surface area contributed by atoms with Gasteiger partial charge in [-0.3, -0.25) is 14.8 Å². The number of carbonyl (C=O) groups is 2. The summed E-state index contributed by atoms with van der Waals surface area (Å²) >= 11 is 3.45. The lowest BCUT2D eigenvalue weighted by atomic mass is 9.68. The monoisotopic (exact) mass is 416 g/mol. The average Bonchev–Trinajstić information content (AvgIpc) is 2.69. The number of carbonyl (C=O) groups excluding carboxylic acids is 2. The summed E-state index contributed by atoms with van der Waals surface area (Å²) < 4.78 is 0.991. The predicted octanol–water partition coefficient (Wildman–Crippen LogP) is 4.41. The number of hydroxylamine groups is 1. The van der Waals surface area contributed by atoms with Gasteiger partial charge in [0.2, 0.25) is 5.91 Å². The van der Waals surface area contributed by atoms with Crippen LogP contribution in [0.15, 0.2) is 53.0 Å². The number of halogens is 1. The van der Waals surface area contributed by atoms with Gasteiger partial charge in [0.1, 0.15) is 0 Å². The summed E-state index contributed by atoms with van der Waals surface area (Å²) in [6.07, 6.45) is 4.85. The van der Waals surface area contributed by atoms with Crippen molar-refractivity contribution in [2.24, 2.45) is 0 Å². The maximum absolute atomic E-state index is 13.2. The molecule has 0 aromatic heterocycles. The zero-order chi connectivity index (χ0) is 18.6. The molecule has 0 saturated heterocycles. The Bertz CT molecular complexity index is 782. The molecule has 3 rings (SSSR count). The third-order valence-corrected chi connectivity index (χ3v) is 5.57. The van der Waals surface area contributed by atoms with Crippen molar-refractivity contribution in [3.63, 3.8) is 0 Å². The first-order valence-corrected chi connectivity index (χ1v) is 9.46. The fraction of sp³-hybridized carbons (Fsp3) is 0.300. The van der Waals surface area contributed by atoms with E-state index in [2.05, 4.69) is 21.2 Å². The predicted molar refractivity (Wildman–Crippen MR) is 103 cm³/mol. The molecule has 26 heavy (non-hydrogen) atoms. The van der Waals surface area contributed by atoms with Crippen LogP contribution in [-0.4, -0.2) is 17.0 Å². The number of anilines is 1. The Balaban J connectivity index is 1.84. The van der Waals surface area contributed by atoms with Gasteiger partial charge in [0.15, 0.2) is 0 Å². The van der Waals surface area contributed by atoms with E-state index in [1.54, 1.807) is 29.7 Å². The summed E-state index contributed by atoms with van der Waals surface area (Å²) in [5.41, 5.74) is 3.06. The van der Waals surface area contributed by atoms with E-state index < -0.39 is 11.3 Å². The normalized spacial score (nSPS) is 15.9. The fourth-order valence-electron chi connectivity index (χ4n) is 3.59. The second-order valence-corrected chi connectivity index (χ2v) is 7.54. The minimum atomic E-state index is -0.582. The number of nitrogens with one attached hydrogen (secondary N) is 2. The SMILES string of the molecule is O=C(NO)c1ccc(NC(=O)C2(c3ccc(Br)cc3)CCCCC2)cc1. The Kier molecular flexibility index (Phi) is 5.74. The van der Waals surface area contributed by atoms with Crippen LogP contribution in [0.3, 0.4) is 0 Å². The summed E-state index contributed by atoms with van der Waals surface area (Å²) in [6, 6.07) is 14.4. The van der Waals surface area contributed by atoms with Crippen molar-refractivity contribution < 1.29 is 14.8 Å². The van der Waals surface area contributed by atoms with E-state index in [1.807, 2.05) is 24.3 Å². The number of hydrogen-bond donors (Lipinski definition) is 3. The second kappa shape index (κ2) is 8.01. The molecule has 1 fully saturated rings. The first kappa shape index (κ1) is 18.6. The Labute approximate surface area is 160 Å². The van der Waals surface area contributed by atoms with Gasteiger partial charge in [0, 0.05) is 15.7 Å². The van der Waals surface area contributed by atoms with Crippen molar-refractivity contribution in [3.8, 4) is 0 Å². The average molecular weight is 417 g/mol. The van der Waals surface area contributed by atoms with Crippen LogP contribution in [0.25, 0.3) is 0 Å². The van der Waals surface area contributed by atoms with Gasteiger partial charge in [0.25, 0.3) is 5.91 Å². The van der Waals surface area contributed by atoms with Gasteiger partial charge in [-0.1, -0.05) is 47.3 Å². The standard InChI is InChI=1S/C20H21BrN2O3/c21-16-8-6-15(7-9-16)20(12-2-1-3-13-20)19(25)22-17-10-4-14(5-11-17)18(24)23-26/h4-11,26H,1-3,12-13H2,(H,22,25)(H,23,24). The molecule has 2 amide bonds. The minimum Gasteiger partial charge on any atom is -0.325 e. The van der Waals surface area contributed by atoms with Crippen molar-refractivity contribution >= 4 is 33.4 Å². The summed E-state index contributed by atoms with van der Waals surface area (Å²) in [5, 5.41) is 11.7. The molecule has 0 heterocycles. The summed E-state index contributed by atoms with van der Waals surface area (Å²) in [6.45, 7) is 0. The van der Waals surface area contributed by atoms with Crippen LogP contribution in [-0.2, 0) is 10.2 Å². The quantitative estimate of drug-likeness (QED) is 0.510. The van der Waals surface area contributed by atoms with E-state index in [0.717, 1.165) is 42.1 Å². The van der Waals surface area contributed by atoms with E-state index in [0.29, 0.717) is 11.3 Å². The topological polar surface area (TPSA) is 78.4 Å². The van der Waals surface area contributed by atoms with Crippen molar-refractivity contribution in [1.82, 2.24) is 5.48 Å². The highest BCUT2D eigenvalue weighted by Gasteiger charge is 2.41. The lowest BCUT2D eigenvalue weighted by Gasteiger charge is -2.36. The molecular weight excluding hydrogens is 396 g/mol. The molecule has 2 aromatic carbocycles. The molecular formula is C20H21BrN2O3. The lowest BCUT2D eigenvalue weighted by molar-refractivity contribution is -0.122. The first-order chi connectivity index (χ1) is 12.5. The highest BCUT2D eigenvalue weighted by atomic mass is 79.9. The lowest BCUT2D eigenvalue weighted by Crippen LogP contribution is -2.42. The molecule has 3 N–H and O–H groups in total. The maximum atomic E-state index is 13.2. The molecule has 0 radical (unpaired) electrons. The molecule has 1 saturated carbocycles. The van der Waals surface area contributed by atoms with Crippen LogP contribution in [0.4, 0.5) is 5.69 Å². The molecule has 5 nitrogen and oxygen atoms in total. The van der Waals surface area contributed by atoms with Crippen molar-refractivity contribution in [2.45, 2.75) is 37.5 Å². The van der Waals surface area contributed by atoms with Gasteiger partial charge in [-0.25, -0.2) is 5.48 Å². The van der Waals surface area contributed by atoms with Crippen LogP contribution in [0.2, 0.25) is 0 Å². The molecule has 1 aliphatic rings. The molecule has 0 unspecified atom stereocenters. The Morgan fingerprint density at radius 3 is 2.12 bits per heavy atom. The molecule has 0 spiro atoms. The van der Waals surface area contributed by atoms with Crippen molar-refractivity contribution in [1.29, 1.82) is 0 Å². The number of hydrogen-bond acceptors (Lipinski definition) is 3. The van der Waals surface area contributed by atoms with Crippen molar-refractivity contribution in [3.05, 3.63) is 64.1 Å². The number of benzene rings is 2. The molecule has 0 bridgehead atoms. The number of amides is 2. The van der Waals surface area contributed by atoms with E-state index in [1.165, 1.54) is 0 Å². The van der Waals surface area contributed by atoms with Crippen LogP contribution in [0.1, 0.15) is 48.0 Å². The van der Waals surface area contributed by atoms with Gasteiger partial charge in [0.05, 0.1) is 5.41 Å². The molecule has 6 heteroatoms. The van der Waals surface area contributed by atoms with E-state index in [4.69, 9.17) is 5.21 Å². The van der Waals surface area contributed by atoms with Crippen LogP contribution in [0, 0.1) is 0 Å². The minimum absolute atomic E-state index is 0.0149. The highest BCUT2D eigenvalue weighted by Crippen LogP contribution is 2.40. The Morgan fingerprint density at radius 2 is 1.54 bits per heavy atom. The highest BCUT2D eigenvalue weighted by molar-refractivity contribution is 9.10. The van der Waals surface area contributed by atoms with E-state index in [-0.39, 0.29) is 5.91 Å². The summed E-state index contributed by atoms with van der Waals surface area (Å²) in [7, 11) is 0. The molecule has 0 aliphatic heterocycles. The van der Waals surface area contributed by atoms with E-state index in [9.17, 15) is 9.59 Å². The third kappa shape index (κ3) is 3.81. The molecule has 1 aliphatic carbocycles.